The molecule has 0 aromatic heterocycles. The molecule has 0 aliphatic heterocycles. The van der Waals surface area contributed by atoms with E-state index in [0.29, 0.717) is 25.3 Å². The smallest absolute Gasteiger partial charge is 0.264 e. The molecule has 3 aromatic carbocycles. The van der Waals surface area contributed by atoms with Gasteiger partial charge >= 0.3 is 0 Å². The topological polar surface area (TPSA) is 96.0 Å². The molecule has 0 saturated carbocycles. The van der Waals surface area contributed by atoms with Gasteiger partial charge in [0.2, 0.25) is 11.8 Å². The maximum Gasteiger partial charge on any atom is 0.264 e. The van der Waals surface area contributed by atoms with Crippen molar-refractivity contribution in [3.05, 3.63) is 90.0 Å². The molecule has 3 rings (SSSR count). The number of carbonyl (C=O) groups excluding carboxylic acids is 2. The largest absolute Gasteiger partial charge is 0.492 e. The van der Waals surface area contributed by atoms with E-state index in [1.165, 1.54) is 17.0 Å². The van der Waals surface area contributed by atoms with E-state index < -0.39 is 28.5 Å². The molecule has 0 saturated heterocycles. The van der Waals surface area contributed by atoms with Crippen LogP contribution < -0.4 is 14.4 Å². The third-order valence-electron chi connectivity index (χ3n) is 6.58. The van der Waals surface area contributed by atoms with Crippen LogP contribution in [0.25, 0.3) is 0 Å². The number of anilines is 1. The zero-order chi connectivity index (χ0) is 29.1. The third-order valence-corrected chi connectivity index (χ3v) is 8.35. The quantitative estimate of drug-likeness (QED) is 0.299. The van der Waals surface area contributed by atoms with Crippen molar-refractivity contribution in [2.75, 3.05) is 24.0 Å². The lowest BCUT2D eigenvalue weighted by Crippen LogP contribution is -2.52. The van der Waals surface area contributed by atoms with E-state index in [2.05, 4.69) is 5.32 Å². The van der Waals surface area contributed by atoms with Crippen LogP contribution in [0.1, 0.15) is 44.7 Å². The molecule has 8 nitrogen and oxygen atoms in total. The zero-order valence-electron chi connectivity index (χ0n) is 23.7. The number of amides is 2. The van der Waals surface area contributed by atoms with Crippen molar-refractivity contribution in [1.29, 1.82) is 0 Å². The summed E-state index contributed by atoms with van der Waals surface area (Å²) in [6, 6.07) is 21.6. The van der Waals surface area contributed by atoms with Gasteiger partial charge in [0.1, 0.15) is 18.3 Å². The van der Waals surface area contributed by atoms with E-state index in [1.807, 2.05) is 52.0 Å². The van der Waals surface area contributed by atoms with Gasteiger partial charge < -0.3 is 15.0 Å². The maximum atomic E-state index is 14.2. The predicted molar refractivity (Wildman–Crippen MR) is 158 cm³/mol. The summed E-state index contributed by atoms with van der Waals surface area (Å²) in [7, 11) is -4.17. The molecule has 1 atom stereocenters. The fourth-order valence-electron chi connectivity index (χ4n) is 4.43. The van der Waals surface area contributed by atoms with Gasteiger partial charge in [0.25, 0.3) is 10.0 Å². The highest BCUT2D eigenvalue weighted by molar-refractivity contribution is 7.92. The van der Waals surface area contributed by atoms with E-state index in [1.54, 1.807) is 42.5 Å². The van der Waals surface area contributed by atoms with Crippen molar-refractivity contribution in [2.45, 2.75) is 58.0 Å². The Morgan fingerprint density at radius 3 is 2.20 bits per heavy atom. The summed E-state index contributed by atoms with van der Waals surface area (Å²) in [4.78, 5) is 28.9. The van der Waals surface area contributed by atoms with Crippen LogP contribution in [0.4, 0.5) is 5.69 Å². The standard InChI is InChI=1S/C31H39N3O5S/c1-5-21-32-31(36)27(6-2)33(22-25-16-12-11-15-24(25)4)30(35)23-34(28-19-13-14-20-29(28)39-7-3)40(37,38)26-17-9-8-10-18-26/h8-20,27H,5-7,21-23H2,1-4H3,(H,32,36)/t27-/m0/s1. The molecule has 214 valence electrons. The van der Waals surface area contributed by atoms with E-state index in [-0.39, 0.29) is 23.0 Å². The first-order valence-electron chi connectivity index (χ1n) is 13.7. The monoisotopic (exact) mass is 565 g/mol. The van der Waals surface area contributed by atoms with Crippen LogP contribution in [0.3, 0.4) is 0 Å². The van der Waals surface area contributed by atoms with Gasteiger partial charge in [-0.1, -0.05) is 68.4 Å². The second-order valence-electron chi connectivity index (χ2n) is 9.39. The Balaban J connectivity index is 2.10. The molecule has 2 amide bonds. The summed E-state index contributed by atoms with van der Waals surface area (Å²) < 4.78 is 34.8. The lowest BCUT2D eigenvalue weighted by Gasteiger charge is -2.33. The number of sulfonamides is 1. The van der Waals surface area contributed by atoms with E-state index in [0.717, 1.165) is 21.9 Å². The van der Waals surface area contributed by atoms with Crippen molar-refractivity contribution >= 4 is 27.5 Å². The van der Waals surface area contributed by atoms with Gasteiger partial charge in [-0.3, -0.25) is 13.9 Å². The molecule has 40 heavy (non-hydrogen) atoms. The number of hydrogen-bond acceptors (Lipinski definition) is 5. The third kappa shape index (κ3) is 7.41. The Hall–Kier alpha value is -3.85. The molecule has 0 unspecified atom stereocenters. The van der Waals surface area contributed by atoms with Crippen molar-refractivity contribution in [3.8, 4) is 5.75 Å². The zero-order valence-corrected chi connectivity index (χ0v) is 24.5. The number of rotatable bonds is 14. The van der Waals surface area contributed by atoms with Crippen molar-refractivity contribution in [2.24, 2.45) is 0 Å². The van der Waals surface area contributed by atoms with Gasteiger partial charge in [-0.15, -0.1) is 0 Å². The van der Waals surface area contributed by atoms with Crippen LogP contribution in [-0.4, -0.2) is 50.9 Å². The van der Waals surface area contributed by atoms with Gasteiger partial charge in [-0.2, -0.15) is 0 Å². The number of nitrogens with zero attached hydrogens (tertiary/aromatic N) is 2. The molecule has 0 spiro atoms. The first kappa shape index (κ1) is 30.7. The molecule has 0 bridgehead atoms. The maximum absolute atomic E-state index is 14.2. The number of carbonyl (C=O) groups is 2. The minimum absolute atomic E-state index is 0.0484. The van der Waals surface area contributed by atoms with Crippen LogP contribution in [0.15, 0.2) is 83.8 Å². The Kier molecular flexibility index (Phi) is 11.1. The van der Waals surface area contributed by atoms with Crippen LogP contribution in [0.2, 0.25) is 0 Å². The van der Waals surface area contributed by atoms with E-state index >= 15 is 0 Å². The highest BCUT2D eigenvalue weighted by atomic mass is 32.2. The van der Waals surface area contributed by atoms with Gasteiger partial charge in [0, 0.05) is 13.1 Å². The number of aryl methyl sites for hydroxylation is 1. The van der Waals surface area contributed by atoms with Gasteiger partial charge in [-0.05, 0) is 62.1 Å². The molecule has 3 aromatic rings. The molecule has 0 fully saturated rings. The summed E-state index contributed by atoms with van der Waals surface area (Å²) in [5, 5.41) is 2.90. The fourth-order valence-corrected chi connectivity index (χ4v) is 5.88. The summed E-state index contributed by atoms with van der Waals surface area (Å²) in [5.74, 6) is -0.415. The second kappa shape index (κ2) is 14.5. The molecule has 9 heteroatoms. The average molecular weight is 566 g/mol. The van der Waals surface area contributed by atoms with Crippen LogP contribution in [-0.2, 0) is 26.2 Å². The van der Waals surface area contributed by atoms with Gasteiger partial charge in [0.15, 0.2) is 0 Å². The van der Waals surface area contributed by atoms with Crippen molar-refractivity contribution < 1.29 is 22.7 Å². The van der Waals surface area contributed by atoms with Crippen molar-refractivity contribution in [3.63, 3.8) is 0 Å². The Morgan fingerprint density at radius 2 is 1.55 bits per heavy atom. The number of benzene rings is 3. The van der Waals surface area contributed by atoms with Gasteiger partial charge in [0.05, 0.1) is 17.2 Å². The summed E-state index contributed by atoms with van der Waals surface area (Å²) in [6.07, 6.45) is 1.12. The second-order valence-corrected chi connectivity index (χ2v) is 11.3. The summed E-state index contributed by atoms with van der Waals surface area (Å²) >= 11 is 0. The van der Waals surface area contributed by atoms with E-state index in [9.17, 15) is 18.0 Å². The minimum atomic E-state index is -4.17. The van der Waals surface area contributed by atoms with Crippen LogP contribution >= 0.6 is 0 Å². The molecule has 0 aliphatic rings. The molecule has 0 heterocycles. The molecular formula is C31H39N3O5S. The van der Waals surface area contributed by atoms with Crippen LogP contribution in [0.5, 0.6) is 5.75 Å². The minimum Gasteiger partial charge on any atom is -0.492 e. The first-order chi connectivity index (χ1) is 19.2. The molecule has 1 N–H and O–H groups in total. The Morgan fingerprint density at radius 1 is 0.900 bits per heavy atom. The lowest BCUT2D eigenvalue weighted by molar-refractivity contribution is -0.140. The summed E-state index contributed by atoms with van der Waals surface area (Å²) in [5.41, 5.74) is 2.10. The van der Waals surface area contributed by atoms with Crippen molar-refractivity contribution in [1.82, 2.24) is 10.2 Å². The summed E-state index contributed by atoms with van der Waals surface area (Å²) in [6.45, 7) is 8.01. The molecule has 0 aliphatic carbocycles. The highest BCUT2D eigenvalue weighted by Gasteiger charge is 2.34. The normalized spacial score (nSPS) is 11.9. The fraction of sp³-hybridized carbons (Fsp3) is 0.355. The van der Waals surface area contributed by atoms with E-state index in [4.69, 9.17) is 4.74 Å². The van der Waals surface area contributed by atoms with Crippen LogP contribution in [0, 0.1) is 6.92 Å². The average Bonchev–Trinajstić information content (AvgIpc) is 2.96. The number of para-hydroxylation sites is 2. The first-order valence-corrected chi connectivity index (χ1v) is 15.1. The SMILES string of the molecule is CCCNC(=O)[C@H](CC)N(Cc1ccccc1C)C(=O)CN(c1ccccc1OCC)S(=O)(=O)c1ccccc1. The molecular weight excluding hydrogens is 526 g/mol. The highest BCUT2D eigenvalue weighted by Crippen LogP contribution is 2.33. The van der Waals surface area contributed by atoms with Gasteiger partial charge in [-0.25, -0.2) is 8.42 Å². The molecule has 0 radical (unpaired) electrons. The Bertz CT molecular complexity index is 1380. The number of hydrogen-bond donors (Lipinski definition) is 1. The number of ether oxygens (including phenoxy) is 1. The Labute approximate surface area is 238 Å². The predicted octanol–water partition coefficient (Wildman–Crippen LogP) is 4.92. The lowest BCUT2D eigenvalue weighted by atomic mass is 10.1. The number of nitrogens with one attached hydrogen (secondary N) is 1.